The van der Waals surface area contributed by atoms with Gasteiger partial charge in [-0.3, -0.25) is 0 Å². The molecule has 0 unspecified atom stereocenters. The fourth-order valence-electron chi connectivity index (χ4n) is 1.97. The first kappa shape index (κ1) is 17.8. The molecule has 0 saturated carbocycles. The average molecular weight is 337 g/mol. The number of rotatable bonds is 7. The zero-order chi connectivity index (χ0) is 17.1. The minimum absolute atomic E-state index is 0.262. The summed E-state index contributed by atoms with van der Waals surface area (Å²) in [6.45, 7) is 12.8. The number of benzene rings is 1. The molecule has 5 nitrogen and oxygen atoms in total. The standard InChI is InChI=1S/C17H28N2O3Si/c1-17(2,3)23(4,5)21-11-7-6-10-20-13-8-9-14-15(12-13)22-19-16(14)18/h8-9,12H,6-7,10-11H2,1-5H3,(H2,18,19). The molecule has 0 saturated heterocycles. The van der Waals surface area contributed by atoms with Gasteiger partial charge in [0.2, 0.25) is 0 Å². The lowest BCUT2D eigenvalue weighted by molar-refractivity contribution is 0.252. The van der Waals surface area contributed by atoms with Gasteiger partial charge in [-0.25, -0.2) is 0 Å². The summed E-state index contributed by atoms with van der Waals surface area (Å²) in [5.74, 6) is 1.19. The molecule has 0 aliphatic heterocycles. The Labute approximate surface area is 139 Å². The number of ether oxygens (including phenoxy) is 1. The summed E-state index contributed by atoms with van der Waals surface area (Å²) in [6, 6.07) is 5.59. The van der Waals surface area contributed by atoms with Gasteiger partial charge in [-0.15, -0.1) is 0 Å². The lowest BCUT2D eigenvalue weighted by Crippen LogP contribution is -2.41. The number of nitrogens with two attached hydrogens (primary N) is 1. The van der Waals surface area contributed by atoms with Crippen LogP contribution < -0.4 is 10.5 Å². The molecular weight excluding hydrogens is 308 g/mol. The summed E-state index contributed by atoms with van der Waals surface area (Å²) in [4.78, 5) is 0. The van der Waals surface area contributed by atoms with Crippen LogP contribution in [0.5, 0.6) is 5.75 Å². The van der Waals surface area contributed by atoms with Gasteiger partial charge in [-0.05, 0) is 43.1 Å². The zero-order valence-corrected chi connectivity index (χ0v) is 15.8. The fourth-order valence-corrected chi connectivity index (χ4v) is 3.05. The molecule has 2 N–H and O–H groups in total. The maximum absolute atomic E-state index is 6.15. The van der Waals surface area contributed by atoms with E-state index in [2.05, 4.69) is 39.0 Å². The van der Waals surface area contributed by atoms with Crippen LogP contribution in [0.3, 0.4) is 0 Å². The van der Waals surface area contributed by atoms with E-state index < -0.39 is 8.32 Å². The maximum Gasteiger partial charge on any atom is 0.191 e. The van der Waals surface area contributed by atoms with Crippen molar-refractivity contribution in [3.8, 4) is 5.75 Å². The van der Waals surface area contributed by atoms with Crippen LogP contribution in [-0.2, 0) is 4.43 Å². The molecule has 0 aliphatic rings. The van der Waals surface area contributed by atoms with Gasteiger partial charge in [0.1, 0.15) is 5.75 Å². The summed E-state index contributed by atoms with van der Waals surface area (Å²) in [6.07, 6.45) is 1.97. The third-order valence-electron chi connectivity index (χ3n) is 4.55. The van der Waals surface area contributed by atoms with Crippen molar-refractivity contribution >= 4 is 25.1 Å². The molecule has 0 radical (unpaired) electrons. The van der Waals surface area contributed by atoms with Crippen LogP contribution in [0.2, 0.25) is 18.1 Å². The number of aromatic nitrogens is 1. The van der Waals surface area contributed by atoms with Crippen LogP contribution in [0.25, 0.3) is 11.0 Å². The van der Waals surface area contributed by atoms with Crippen LogP contribution in [0.1, 0.15) is 33.6 Å². The maximum atomic E-state index is 6.15. The number of fused-ring (bicyclic) bond motifs is 1. The second-order valence-corrected chi connectivity index (χ2v) is 12.2. The first-order valence-corrected chi connectivity index (χ1v) is 11.0. The van der Waals surface area contributed by atoms with Crippen LogP contribution in [0.15, 0.2) is 22.7 Å². The van der Waals surface area contributed by atoms with Gasteiger partial charge in [-0.2, -0.15) is 0 Å². The summed E-state index contributed by atoms with van der Waals surface area (Å²) in [5.41, 5.74) is 6.34. The van der Waals surface area contributed by atoms with E-state index in [-0.39, 0.29) is 5.04 Å². The molecule has 6 heteroatoms. The SMILES string of the molecule is CC(C)(C)[Si](C)(C)OCCCCOc1ccc2c(N)noc2c1. The molecule has 2 aromatic rings. The normalized spacial score (nSPS) is 12.7. The van der Waals surface area contributed by atoms with Crippen molar-refractivity contribution in [3.05, 3.63) is 18.2 Å². The Balaban J connectivity index is 1.71. The van der Waals surface area contributed by atoms with Crippen molar-refractivity contribution in [1.29, 1.82) is 0 Å². The molecule has 1 aromatic carbocycles. The Bertz CT molecular complexity index is 647. The highest BCUT2D eigenvalue weighted by atomic mass is 28.4. The van der Waals surface area contributed by atoms with E-state index in [4.69, 9.17) is 19.4 Å². The van der Waals surface area contributed by atoms with Gasteiger partial charge in [0, 0.05) is 12.7 Å². The molecule has 0 amide bonds. The minimum Gasteiger partial charge on any atom is -0.493 e. The molecule has 1 aromatic heterocycles. The Morgan fingerprint density at radius 1 is 1.17 bits per heavy atom. The van der Waals surface area contributed by atoms with Crippen molar-refractivity contribution in [1.82, 2.24) is 5.16 Å². The zero-order valence-electron chi connectivity index (χ0n) is 14.8. The van der Waals surface area contributed by atoms with Crippen LogP contribution in [0, 0.1) is 0 Å². The van der Waals surface area contributed by atoms with Crippen molar-refractivity contribution in [3.63, 3.8) is 0 Å². The number of anilines is 1. The number of nitrogen functional groups attached to an aromatic ring is 1. The molecule has 23 heavy (non-hydrogen) atoms. The summed E-state index contributed by atoms with van der Waals surface area (Å²) in [5, 5.41) is 4.82. The highest BCUT2D eigenvalue weighted by molar-refractivity contribution is 6.74. The third kappa shape index (κ3) is 4.48. The average Bonchev–Trinajstić information content (AvgIpc) is 2.82. The number of hydrogen-bond donors (Lipinski definition) is 1. The molecule has 2 rings (SSSR count). The molecular formula is C17H28N2O3Si. The predicted molar refractivity (Wildman–Crippen MR) is 96.3 cm³/mol. The third-order valence-corrected chi connectivity index (χ3v) is 9.09. The highest BCUT2D eigenvalue weighted by Gasteiger charge is 2.36. The van der Waals surface area contributed by atoms with E-state index >= 15 is 0 Å². The topological polar surface area (TPSA) is 70.5 Å². The van der Waals surface area contributed by atoms with Crippen molar-refractivity contribution in [2.75, 3.05) is 18.9 Å². The van der Waals surface area contributed by atoms with Crippen LogP contribution in [-0.4, -0.2) is 26.7 Å². The minimum atomic E-state index is -1.63. The largest absolute Gasteiger partial charge is 0.493 e. The predicted octanol–water partition coefficient (Wildman–Crippen LogP) is 4.59. The highest BCUT2D eigenvalue weighted by Crippen LogP contribution is 2.36. The molecule has 0 spiro atoms. The van der Waals surface area contributed by atoms with Gasteiger partial charge < -0.3 is 19.4 Å². The molecule has 0 fully saturated rings. The quantitative estimate of drug-likeness (QED) is 0.591. The van der Waals surface area contributed by atoms with Gasteiger partial charge in [0.25, 0.3) is 0 Å². The van der Waals surface area contributed by atoms with Gasteiger partial charge in [-0.1, -0.05) is 25.9 Å². The summed E-state index contributed by atoms with van der Waals surface area (Å²) >= 11 is 0. The fraction of sp³-hybridized carbons (Fsp3) is 0.588. The number of unbranched alkanes of at least 4 members (excludes halogenated alkanes) is 1. The number of hydrogen-bond acceptors (Lipinski definition) is 5. The molecule has 128 valence electrons. The number of nitrogens with zero attached hydrogens (tertiary/aromatic N) is 1. The van der Waals surface area contributed by atoms with E-state index in [1.54, 1.807) is 0 Å². The van der Waals surface area contributed by atoms with E-state index in [0.717, 1.165) is 30.6 Å². The monoisotopic (exact) mass is 336 g/mol. The Kier molecular flexibility index (Phi) is 5.36. The van der Waals surface area contributed by atoms with Crippen molar-refractivity contribution in [2.24, 2.45) is 0 Å². The second-order valence-electron chi connectivity index (χ2n) is 7.39. The van der Waals surface area contributed by atoms with E-state index in [9.17, 15) is 0 Å². The summed E-state index contributed by atoms with van der Waals surface area (Å²) in [7, 11) is -1.63. The Hall–Kier alpha value is -1.53. The summed E-state index contributed by atoms with van der Waals surface area (Å²) < 4.78 is 17.0. The van der Waals surface area contributed by atoms with Crippen LogP contribution >= 0.6 is 0 Å². The first-order valence-electron chi connectivity index (χ1n) is 8.12. The van der Waals surface area contributed by atoms with E-state index in [0.29, 0.717) is 18.0 Å². The molecule has 0 atom stereocenters. The van der Waals surface area contributed by atoms with Gasteiger partial charge >= 0.3 is 0 Å². The van der Waals surface area contributed by atoms with E-state index in [1.807, 2.05) is 18.2 Å². The lowest BCUT2D eigenvalue weighted by atomic mass is 10.2. The lowest BCUT2D eigenvalue weighted by Gasteiger charge is -2.36. The Morgan fingerprint density at radius 3 is 2.57 bits per heavy atom. The van der Waals surface area contributed by atoms with Crippen molar-refractivity contribution < 1.29 is 13.7 Å². The Morgan fingerprint density at radius 2 is 1.87 bits per heavy atom. The van der Waals surface area contributed by atoms with E-state index in [1.165, 1.54) is 0 Å². The molecule has 0 bridgehead atoms. The van der Waals surface area contributed by atoms with Crippen molar-refractivity contribution in [2.45, 2.75) is 51.7 Å². The molecule has 1 heterocycles. The van der Waals surface area contributed by atoms with Crippen LogP contribution in [0.4, 0.5) is 5.82 Å². The van der Waals surface area contributed by atoms with Gasteiger partial charge in [0.15, 0.2) is 19.7 Å². The van der Waals surface area contributed by atoms with Gasteiger partial charge in [0.05, 0.1) is 12.0 Å². The second kappa shape index (κ2) is 6.92. The first-order chi connectivity index (χ1) is 10.7. The molecule has 0 aliphatic carbocycles. The smallest absolute Gasteiger partial charge is 0.191 e.